The van der Waals surface area contributed by atoms with Crippen molar-refractivity contribution < 1.29 is 9.59 Å². The summed E-state index contributed by atoms with van der Waals surface area (Å²) >= 11 is 5.13. The molecule has 2 aliphatic rings. The molecule has 0 atom stereocenters. The van der Waals surface area contributed by atoms with Crippen LogP contribution in [0.2, 0.25) is 0 Å². The Labute approximate surface area is 162 Å². The highest BCUT2D eigenvalue weighted by atomic mass is 32.1. The van der Waals surface area contributed by atoms with Crippen LogP contribution in [0.1, 0.15) is 31.7 Å². The van der Waals surface area contributed by atoms with Crippen LogP contribution in [0.5, 0.6) is 0 Å². The van der Waals surface area contributed by atoms with E-state index in [-0.39, 0.29) is 22.6 Å². The molecule has 0 saturated carbocycles. The zero-order valence-corrected chi connectivity index (χ0v) is 15.9. The predicted molar refractivity (Wildman–Crippen MR) is 109 cm³/mol. The Morgan fingerprint density at radius 1 is 1.22 bits per heavy atom. The maximum absolute atomic E-state index is 12.4. The Kier molecular flexibility index (Phi) is 4.61. The first kappa shape index (κ1) is 17.6. The maximum atomic E-state index is 12.4. The second kappa shape index (κ2) is 7.08. The molecule has 2 aromatic rings. The number of rotatable bonds is 2. The highest BCUT2D eigenvalue weighted by Gasteiger charge is 2.33. The van der Waals surface area contributed by atoms with Gasteiger partial charge in [-0.25, -0.2) is 4.98 Å². The molecule has 6 nitrogen and oxygen atoms in total. The number of nitrogens with one attached hydrogen (secondary N) is 1. The Morgan fingerprint density at radius 3 is 2.70 bits per heavy atom. The van der Waals surface area contributed by atoms with E-state index in [4.69, 9.17) is 17.2 Å². The molecule has 2 saturated heterocycles. The third-order valence-corrected chi connectivity index (χ3v) is 5.18. The monoisotopic (exact) mass is 380 g/mol. The normalized spacial score (nSPS) is 19.1. The van der Waals surface area contributed by atoms with Gasteiger partial charge in [-0.2, -0.15) is 0 Å². The van der Waals surface area contributed by atoms with Crippen molar-refractivity contribution in [2.24, 2.45) is 0 Å². The maximum Gasteiger partial charge on any atom is 0.274 e. The van der Waals surface area contributed by atoms with E-state index in [0.29, 0.717) is 0 Å². The van der Waals surface area contributed by atoms with Crippen molar-refractivity contribution in [3.05, 3.63) is 41.6 Å². The van der Waals surface area contributed by atoms with Crippen molar-refractivity contribution in [2.45, 2.75) is 26.2 Å². The summed E-state index contributed by atoms with van der Waals surface area (Å²) in [6, 6.07) is 9.92. The number of thiocarbonyl (C=S) groups is 1. The number of carbonyl (C=O) groups is 2. The summed E-state index contributed by atoms with van der Waals surface area (Å²) < 4.78 is 0. The lowest BCUT2D eigenvalue weighted by Crippen LogP contribution is -2.31. The smallest absolute Gasteiger partial charge is 0.274 e. The van der Waals surface area contributed by atoms with Gasteiger partial charge in [0.2, 0.25) is 5.91 Å². The third kappa shape index (κ3) is 3.30. The molecule has 2 amide bonds. The van der Waals surface area contributed by atoms with E-state index in [0.717, 1.165) is 48.2 Å². The number of nitrogens with zero attached hydrogens (tertiary/aromatic N) is 3. The summed E-state index contributed by atoms with van der Waals surface area (Å²) in [6.07, 6.45) is 5.18. The average molecular weight is 380 g/mol. The van der Waals surface area contributed by atoms with E-state index in [1.165, 1.54) is 18.2 Å². The molecule has 2 fully saturated rings. The van der Waals surface area contributed by atoms with Crippen molar-refractivity contribution in [1.82, 2.24) is 15.2 Å². The molecule has 0 radical (unpaired) electrons. The number of carbonyl (C=O) groups excluding carboxylic acids is 2. The van der Waals surface area contributed by atoms with Crippen LogP contribution in [0.25, 0.3) is 17.0 Å². The van der Waals surface area contributed by atoms with Crippen LogP contribution in [-0.2, 0) is 9.59 Å². The topological polar surface area (TPSA) is 65.5 Å². The Balaban J connectivity index is 1.87. The number of aromatic nitrogens is 1. The van der Waals surface area contributed by atoms with Crippen LogP contribution in [0, 0.1) is 0 Å². The lowest BCUT2D eigenvalue weighted by atomic mass is 10.1. The first-order chi connectivity index (χ1) is 13.0. The molecule has 27 heavy (non-hydrogen) atoms. The predicted octanol–water partition coefficient (Wildman–Crippen LogP) is 2.83. The largest absolute Gasteiger partial charge is 0.356 e. The van der Waals surface area contributed by atoms with Gasteiger partial charge in [-0.05, 0) is 49.7 Å². The zero-order chi connectivity index (χ0) is 19.0. The molecule has 7 heteroatoms. The fourth-order valence-corrected chi connectivity index (χ4v) is 3.92. The van der Waals surface area contributed by atoms with Crippen LogP contribution in [-0.4, -0.2) is 39.9 Å². The van der Waals surface area contributed by atoms with Gasteiger partial charge in [0, 0.05) is 31.0 Å². The first-order valence-corrected chi connectivity index (χ1v) is 9.48. The zero-order valence-electron chi connectivity index (χ0n) is 15.1. The minimum Gasteiger partial charge on any atom is -0.356 e. The molecule has 0 aliphatic carbocycles. The van der Waals surface area contributed by atoms with E-state index < -0.39 is 0 Å². The van der Waals surface area contributed by atoms with Gasteiger partial charge < -0.3 is 4.90 Å². The summed E-state index contributed by atoms with van der Waals surface area (Å²) in [5.74, 6) is 0.181. The highest BCUT2D eigenvalue weighted by Crippen LogP contribution is 2.29. The standard InChI is InChI=1S/C20H20N4O2S/c1-13(25)24-17(19(26)22-20(24)27)12-15-11-14-7-3-4-8-16(14)21-18(15)23-9-5-2-6-10-23/h3-4,7-8,11-12H,2,5-6,9-10H2,1H3,(H,22,26,27). The number of amides is 2. The lowest BCUT2D eigenvalue weighted by molar-refractivity contribution is -0.125. The van der Waals surface area contributed by atoms with Gasteiger partial charge in [-0.15, -0.1) is 0 Å². The van der Waals surface area contributed by atoms with Gasteiger partial charge in [0.1, 0.15) is 11.5 Å². The van der Waals surface area contributed by atoms with E-state index in [2.05, 4.69) is 10.2 Å². The number of para-hydroxylation sites is 1. The average Bonchev–Trinajstić information content (AvgIpc) is 2.95. The molecule has 1 aromatic carbocycles. The van der Waals surface area contributed by atoms with Crippen LogP contribution < -0.4 is 10.2 Å². The molecule has 138 valence electrons. The summed E-state index contributed by atoms with van der Waals surface area (Å²) in [7, 11) is 0. The Bertz CT molecular complexity index is 979. The van der Waals surface area contributed by atoms with Gasteiger partial charge >= 0.3 is 0 Å². The fraction of sp³-hybridized carbons (Fsp3) is 0.300. The van der Waals surface area contributed by atoms with Crippen LogP contribution >= 0.6 is 12.2 Å². The van der Waals surface area contributed by atoms with Crippen molar-refractivity contribution in [1.29, 1.82) is 0 Å². The summed E-state index contributed by atoms with van der Waals surface area (Å²) in [5, 5.41) is 3.65. The molecular formula is C20H20N4O2S. The Hall–Kier alpha value is -2.80. The molecule has 4 rings (SSSR count). The van der Waals surface area contributed by atoms with Gasteiger partial charge in [-0.1, -0.05) is 18.2 Å². The van der Waals surface area contributed by atoms with E-state index in [9.17, 15) is 9.59 Å². The molecule has 0 bridgehead atoms. The summed E-state index contributed by atoms with van der Waals surface area (Å²) in [6.45, 7) is 3.26. The number of fused-ring (bicyclic) bond motifs is 1. The van der Waals surface area contributed by atoms with Crippen LogP contribution in [0.3, 0.4) is 0 Å². The first-order valence-electron chi connectivity index (χ1n) is 9.07. The van der Waals surface area contributed by atoms with Gasteiger partial charge in [0.25, 0.3) is 5.91 Å². The molecule has 0 unspecified atom stereocenters. The number of anilines is 1. The number of benzene rings is 1. The molecular weight excluding hydrogens is 360 g/mol. The minimum absolute atomic E-state index is 0.118. The molecule has 2 aliphatic heterocycles. The van der Waals surface area contributed by atoms with E-state index in [1.807, 2.05) is 30.3 Å². The van der Waals surface area contributed by atoms with Crippen molar-refractivity contribution >= 4 is 51.9 Å². The van der Waals surface area contributed by atoms with Crippen LogP contribution in [0.4, 0.5) is 5.82 Å². The van der Waals surface area contributed by atoms with Crippen LogP contribution in [0.15, 0.2) is 36.0 Å². The Morgan fingerprint density at radius 2 is 1.96 bits per heavy atom. The third-order valence-electron chi connectivity index (χ3n) is 4.89. The number of pyridine rings is 1. The van der Waals surface area contributed by atoms with Crippen molar-refractivity contribution in [3.63, 3.8) is 0 Å². The van der Waals surface area contributed by atoms with E-state index >= 15 is 0 Å². The SMILES string of the molecule is CC(=O)N1C(=S)NC(=O)C1=Cc1cc2ccccc2nc1N1CCCCC1. The van der Waals surface area contributed by atoms with E-state index in [1.54, 1.807) is 6.08 Å². The second-order valence-corrected chi connectivity index (χ2v) is 7.17. The lowest BCUT2D eigenvalue weighted by Gasteiger charge is -2.29. The second-order valence-electron chi connectivity index (χ2n) is 6.78. The highest BCUT2D eigenvalue weighted by molar-refractivity contribution is 7.80. The number of hydrogen-bond donors (Lipinski definition) is 1. The minimum atomic E-state index is -0.368. The number of piperidine rings is 1. The molecule has 0 spiro atoms. The van der Waals surface area contributed by atoms with Gasteiger partial charge in [-0.3, -0.25) is 19.8 Å². The fourth-order valence-electron chi connectivity index (χ4n) is 3.61. The quantitative estimate of drug-likeness (QED) is 0.641. The molecule has 1 aromatic heterocycles. The molecule has 1 N–H and O–H groups in total. The van der Waals surface area contributed by atoms with Gasteiger partial charge in [0.05, 0.1) is 5.52 Å². The summed E-state index contributed by atoms with van der Waals surface area (Å²) in [4.78, 5) is 32.7. The van der Waals surface area contributed by atoms with Crippen molar-refractivity contribution in [3.8, 4) is 0 Å². The van der Waals surface area contributed by atoms with Gasteiger partial charge in [0.15, 0.2) is 5.11 Å². The summed E-state index contributed by atoms with van der Waals surface area (Å²) in [5.41, 5.74) is 1.97. The van der Waals surface area contributed by atoms with Crippen molar-refractivity contribution in [2.75, 3.05) is 18.0 Å². The number of hydrogen-bond acceptors (Lipinski definition) is 5. The molecule has 3 heterocycles.